The Bertz CT molecular complexity index is 1420. The molecular weight excluding hydrogens is 566 g/mol. The molecule has 1 aliphatic heterocycles. The van der Waals surface area contributed by atoms with E-state index in [2.05, 4.69) is 19.7 Å². The number of carbonyl (C=O) groups excluding carboxylic acids is 2. The molecule has 14 heteroatoms. The average Bonchev–Trinajstić information content (AvgIpc) is 3.24. The number of nitrogens with one attached hydrogen (secondary N) is 1. The maximum Gasteiger partial charge on any atom is 0.434 e. The highest BCUT2D eigenvalue weighted by molar-refractivity contribution is 7.06. The molecule has 220 valence electrons. The minimum Gasteiger partial charge on any atom is -0.487 e. The molecular formula is C27H29F4N5O4S. The molecule has 0 unspecified atom stereocenters. The summed E-state index contributed by atoms with van der Waals surface area (Å²) in [5.41, 5.74) is -0.867. The third kappa shape index (κ3) is 7.90. The number of hydrogen-bond donors (Lipinski definition) is 1. The Morgan fingerprint density at radius 2 is 1.85 bits per heavy atom. The highest BCUT2D eigenvalue weighted by atomic mass is 32.1. The number of hydrogen-bond acceptors (Lipinski definition) is 8. The van der Waals surface area contributed by atoms with Gasteiger partial charge in [-0.25, -0.2) is 14.2 Å². The molecule has 0 atom stereocenters. The number of likely N-dealkylation sites (tertiary alicyclic amines) is 1. The van der Waals surface area contributed by atoms with Crippen molar-refractivity contribution in [3.63, 3.8) is 0 Å². The fourth-order valence-electron chi connectivity index (χ4n) is 4.15. The lowest BCUT2D eigenvalue weighted by Gasteiger charge is -2.33. The van der Waals surface area contributed by atoms with Crippen molar-refractivity contribution in [3.8, 4) is 5.75 Å². The van der Waals surface area contributed by atoms with Crippen molar-refractivity contribution in [3.05, 3.63) is 63.9 Å². The van der Waals surface area contributed by atoms with Crippen molar-refractivity contribution < 1.29 is 36.6 Å². The minimum absolute atomic E-state index is 0.0349. The molecule has 3 heterocycles. The number of aryl methyl sites for hydroxylation is 1. The van der Waals surface area contributed by atoms with Crippen LogP contribution >= 0.6 is 11.5 Å². The van der Waals surface area contributed by atoms with Crippen LogP contribution in [-0.4, -0.2) is 56.0 Å². The van der Waals surface area contributed by atoms with Crippen molar-refractivity contribution in [2.45, 2.75) is 64.8 Å². The number of carbonyl (C=O) groups is 2. The Morgan fingerprint density at radius 1 is 1.15 bits per heavy atom. The van der Waals surface area contributed by atoms with Gasteiger partial charge in [0, 0.05) is 55.2 Å². The first-order valence-corrected chi connectivity index (χ1v) is 13.6. The zero-order valence-electron chi connectivity index (χ0n) is 22.8. The SMILES string of the molecule is Cc1nsc(Cc2cncc(C(F)(F)F)n2)c1C(=O)Nc1ccc(F)c(OC2CCN(C(=O)OC(C)(C)C)CC2)c1. The van der Waals surface area contributed by atoms with Crippen molar-refractivity contribution in [2.75, 3.05) is 18.4 Å². The molecule has 0 saturated carbocycles. The van der Waals surface area contributed by atoms with Crippen LogP contribution < -0.4 is 10.1 Å². The monoisotopic (exact) mass is 595 g/mol. The van der Waals surface area contributed by atoms with Gasteiger partial charge in [-0.3, -0.25) is 9.78 Å². The predicted molar refractivity (Wildman–Crippen MR) is 143 cm³/mol. The number of piperidine rings is 1. The third-order valence-electron chi connectivity index (χ3n) is 6.05. The van der Waals surface area contributed by atoms with Crippen molar-refractivity contribution in [1.82, 2.24) is 19.2 Å². The zero-order chi connectivity index (χ0) is 29.9. The number of amides is 2. The van der Waals surface area contributed by atoms with Gasteiger partial charge in [-0.2, -0.15) is 17.5 Å². The minimum atomic E-state index is -4.65. The Morgan fingerprint density at radius 3 is 2.51 bits per heavy atom. The fourth-order valence-corrected chi connectivity index (χ4v) is 5.03. The maximum absolute atomic E-state index is 14.6. The molecule has 0 bridgehead atoms. The molecule has 1 N–H and O–H groups in total. The second-order valence-corrected chi connectivity index (χ2v) is 11.4. The van der Waals surface area contributed by atoms with E-state index in [0.717, 1.165) is 11.5 Å². The van der Waals surface area contributed by atoms with Crippen LogP contribution in [-0.2, 0) is 17.3 Å². The summed E-state index contributed by atoms with van der Waals surface area (Å²) in [6.07, 6.45) is -2.72. The lowest BCUT2D eigenvalue weighted by atomic mass is 10.1. The number of alkyl halides is 3. The lowest BCUT2D eigenvalue weighted by molar-refractivity contribution is -0.141. The van der Waals surface area contributed by atoms with Gasteiger partial charge >= 0.3 is 12.3 Å². The zero-order valence-corrected chi connectivity index (χ0v) is 23.7. The number of benzene rings is 1. The van der Waals surface area contributed by atoms with Crippen molar-refractivity contribution in [1.29, 1.82) is 0 Å². The van der Waals surface area contributed by atoms with Crippen molar-refractivity contribution in [2.24, 2.45) is 0 Å². The molecule has 1 aromatic carbocycles. The molecule has 1 aliphatic rings. The van der Waals surface area contributed by atoms with E-state index in [-0.39, 0.29) is 35.2 Å². The van der Waals surface area contributed by atoms with E-state index in [1.807, 2.05) is 0 Å². The third-order valence-corrected chi connectivity index (χ3v) is 6.99. The summed E-state index contributed by atoms with van der Waals surface area (Å²) in [6, 6.07) is 3.90. The summed E-state index contributed by atoms with van der Waals surface area (Å²) in [6.45, 7) is 7.75. The first-order chi connectivity index (χ1) is 19.2. The summed E-state index contributed by atoms with van der Waals surface area (Å²) >= 11 is 0.976. The van der Waals surface area contributed by atoms with Crippen LogP contribution in [0.2, 0.25) is 0 Å². The number of aromatic nitrogens is 3. The Kier molecular flexibility index (Phi) is 8.80. The second-order valence-electron chi connectivity index (χ2n) is 10.5. The molecule has 1 fully saturated rings. The van der Waals surface area contributed by atoms with E-state index in [1.54, 1.807) is 32.6 Å². The molecule has 2 amide bonds. The van der Waals surface area contributed by atoms with E-state index < -0.39 is 35.3 Å². The molecule has 4 rings (SSSR count). The van der Waals surface area contributed by atoms with Crippen molar-refractivity contribution >= 4 is 29.2 Å². The van der Waals surface area contributed by atoms with Crippen LogP contribution in [0.3, 0.4) is 0 Å². The molecule has 1 saturated heterocycles. The van der Waals surface area contributed by atoms with E-state index in [9.17, 15) is 27.2 Å². The smallest absolute Gasteiger partial charge is 0.434 e. The topological polar surface area (TPSA) is 107 Å². The number of nitrogens with zero attached hydrogens (tertiary/aromatic N) is 4. The largest absolute Gasteiger partial charge is 0.487 e. The summed E-state index contributed by atoms with van der Waals surface area (Å²) in [4.78, 5) is 34.7. The number of ether oxygens (including phenoxy) is 2. The van der Waals surface area contributed by atoms with E-state index >= 15 is 0 Å². The van der Waals surface area contributed by atoms with Gasteiger partial charge in [-0.05, 0) is 51.4 Å². The molecule has 2 aromatic heterocycles. The van der Waals surface area contributed by atoms with Crippen LogP contribution in [0.5, 0.6) is 5.75 Å². The first-order valence-electron chi connectivity index (χ1n) is 12.8. The van der Waals surface area contributed by atoms with Gasteiger partial charge in [0.2, 0.25) is 0 Å². The van der Waals surface area contributed by atoms with Crippen LogP contribution in [0.15, 0.2) is 30.6 Å². The highest BCUT2D eigenvalue weighted by Gasteiger charge is 2.33. The van der Waals surface area contributed by atoms with Crippen LogP contribution in [0.25, 0.3) is 0 Å². The second kappa shape index (κ2) is 12.0. The number of rotatable bonds is 6. The quantitative estimate of drug-likeness (QED) is 0.347. The summed E-state index contributed by atoms with van der Waals surface area (Å²) in [7, 11) is 0. The van der Waals surface area contributed by atoms with E-state index in [0.29, 0.717) is 42.7 Å². The molecule has 9 nitrogen and oxygen atoms in total. The van der Waals surface area contributed by atoms with Crippen LogP contribution in [0.4, 0.5) is 28.0 Å². The number of anilines is 1. The van der Waals surface area contributed by atoms with Crippen LogP contribution in [0.1, 0.15) is 65.9 Å². The Hall–Kier alpha value is -3.81. The van der Waals surface area contributed by atoms with Gasteiger partial charge < -0.3 is 19.7 Å². The van der Waals surface area contributed by atoms with E-state index in [4.69, 9.17) is 9.47 Å². The fraction of sp³-hybridized carbons (Fsp3) is 0.444. The van der Waals surface area contributed by atoms with Gasteiger partial charge in [0.1, 0.15) is 11.7 Å². The van der Waals surface area contributed by atoms with Gasteiger partial charge in [0.25, 0.3) is 5.91 Å². The Balaban J connectivity index is 1.41. The number of halogens is 4. The molecule has 3 aromatic rings. The van der Waals surface area contributed by atoms with Gasteiger partial charge in [0.05, 0.1) is 23.1 Å². The molecule has 0 aliphatic carbocycles. The maximum atomic E-state index is 14.6. The summed E-state index contributed by atoms with van der Waals surface area (Å²) < 4.78 is 69.2. The van der Waals surface area contributed by atoms with E-state index in [1.165, 1.54) is 24.4 Å². The molecule has 0 spiro atoms. The molecule has 41 heavy (non-hydrogen) atoms. The normalized spacial score (nSPS) is 14.6. The Labute approximate surface area is 238 Å². The average molecular weight is 596 g/mol. The predicted octanol–water partition coefficient (Wildman–Crippen LogP) is 6.02. The molecule has 0 radical (unpaired) electrons. The standard InChI is InChI=1S/C27H29F4N5O4S/c1-15-23(21(41-35-15)12-17-13-32-14-22(33-17)27(29,30)31)24(37)34-16-5-6-19(28)20(11-16)39-18-7-9-36(10-8-18)25(38)40-26(2,3)4/h5-6,11,13-14,18H,7-10,12H2,1-4H3,(H,34,37). The van der Waals surface area contributed by atoms with Gasteiger partial charge in [-0.15, -0.1) is 0 Å². The van der Waals surface area contributed by atoms with Gasteiger partial charge in [0.15, 0.2) is 17.3 Å². The van der Waals surface area contributed by atoms with Crippen LogP contribution in [0, 0.1) is 12.7 Å². The first kappa shape index (κ1) is 30.2. The lowest BCUT2D eigenvalue weighted by Crippen LogP contribution is -2.44. The summed E-state index contributed by atoms with van der Waals surface area (Å²) in [5, 5.41) is 2.69. The van der Waals surface area contributed by atoms with Gasteiger partial charge in [-0.1, -0.05) is 0 Å². The summed E-state index contributed by atoms with van der Waals surface area (Å²) in [5.74, 6) is -1.23. The highest BCUT2D eigenvalue weighted by Crippen LogP contribution is 2.30.